The van der Waals surface area contributed by atoms with Crippen molar-refractivity contribution in [2.45, 2.75) is 19.9 Å². The summed E-state index contributed by atoms with van der Waals surface area (Å²) in [7, 11) is 3.00. The molecule has 1 heterocycles. The van der Waals surface area contributed by atoms with Crippen molar-refractivity contribution < 1.29 is 14.3 Å². The van der Waals surface area contributed by atoms with Crippen molar-refractivity contribution in [3.63, 3.8) is 0 Å². The van der Waals surface area contributed by atoms with E-state index in [-0.39, 0.29) is 18.8 Å². The van der Waals surface area contributed by atoms with Crippen LogP contribution in [0.5, 0.6) is 5.75 Å². The van der Waals surface area contributed by atoms with E-state index in [1.54, 1.807) is 24.3 Å². The molecule has 9 heteroatoms. The zero-order chi connectivity index (χ0) is 19.1. The van der Waals surface area contributed by atoms with Crippen LogP contribution in [0.4, 0.5) is 0 Å². The Hall–Kier alpha value is -2.94. The SMILES string of the molecule is CCCn1c(=O)c(C(=O)NCCOC)nn(-c2cccc(OC)c2)c1=O. The fraction of sp³-hybridized carbons (Fsp3) is 0.412. The predicted octanol–water partition coefficient (Wildman–Crippen LogP) is 0.189. The molecule has 0 fully saturated rings. The molecule has 0 atom stereocenters. The summed E-state index contributed by atoms with van der Waals surface area (Å²) >= 11 is 0. The average Bonchev–Trinajstić information content (AvgIpc) is 2.65. The standard InChI is InChI=1S/C17H22N4O5/c1-4-9-20-16(23)14(15(22)18-8-10-25-2)19-21(17(20)24)12-6-5-7-13(11-12)26-3/h5-7,11H,4,8-10H2,1-3H3,(H,18,22). The molecule has 9 nitrogen and oxygen atoms in total. The molecule has 0 saturated heterocycles. The minimum absolute atomic E-state index is 0.183. The van der Waals surface area contributed by atoms with E-state index in [1.807, 2.05) is 6.92 Å². The van der Waals surface area contributed by atoms with Crippen LogP contribution in [0, 0.1) is 0 Å². The Morgan fingerprint density at radius 3 is 2.69 bits per heavy atom. The molecule has 0 aliphatic carbocycles. The molecule has 2 rings (SSSR count). The Morgan fingerprint density at radius 1 is 1.27 bits per heavy atom. The Balaban J connectivity index is 2.59. The monoisotopic (exact) mass is 362 g/mol. The summed E-state index contributed by atoms with van der Waals surface area (Å²) in [5.74, 6) is -0.135. The second-order valence-corrected chi connectivity index (χ2v) is 5.45. The van der Waals surface area contributed by atoms with Crippen molar-refractivity contribution in [1.82, 2.24) is 19.7 Å². The molecule has 1 amide bonds. The zero-order valence-corrected chi connectivity index (χ0v) is 15.0. The van der Waals surface area contributed by atoms with Crippen LogP contribution in [0.3, 0.4) is 0 Å². The van der Waals surface area contributed by atoms with Crippen LogP contribution in [0.2, 0.25) is 0 Å². The van der Waals surface area contributed by atoms with Crippen molar-refractivity contribution in [2.24, 2.45) is 0 Å². The van der Waals surface area contributed by atoms with Crippen LogP contribution in [0.25, 0.3) is 5.69 Å². The van der Waals surface area contributed by atoms with Crippen LogP contribution < -0.4 is 21.3 Å². The molecule has 140 valence electrons. The molecule has 26 heavy (non-hydrogen) atoms. The van der Waals surface area contributed by atoms with Gasteiger partial charge in [-0.15, -0.1) is 0 Å². The van der Waals surface area contributed by atoms with Crippen molar-refractivity contribution >= 4 is 5.91 Å². The highest BCUT2D eigenvalue weighted by Crippen LogP contribution is 2.14. The van der Waals surface area contributed by atoms with Gasteiger partial charge in [0.05, 0.1) is 19.4 Å². The number of amides is 1. The molecule has 0 bridgehead atoms. The highest BCUT2D eigenvalue weighted by atomic mass is 16.5. The average molecular weight is 362 g/mol. The number of carbonyl (C=O) groups is 1. The lowest BCUT2D eigenvalue weighted by Crippen LogP contribution is -2.46. The van der Waals surface area contributed by atoms with Gasteiger partial charge in [0.1, 0.15) is 5.75 Å². The van der Waals surface area contributed by atoms with Gasteiger partial charge in [-0.1, -0.05) is 13.0 Å². The third-order valence-corrected chi connectivity index (χ3v) is 3.61. The Morgan fingerprint density at radius 2 is 2.04 bits per heavy atom. The fourth-order valence-corrected chi connectivity index (χ4v) is 2.34. The number of ether oxygens (including phenoxy) is 2. The first-order chi connectivity index (χ1) is 12.5. The second kappa shape index (κ2) is 8.95. The molecular formula is C17H22N4O5. The molecule has 2 aromatic rings. The van der Waals surface area contributed by atoms with Crippen LogP contribution in [-0.2, 0) is 11.3 Å². The first-order valence-corrected chi connectivity index (χ1v) is 8.19. The lowest BCUT2D eigenvalue weighted by Gasteiger charge is -2.12. The quantitative estimate of drug-likeness (QED) is 0.672. The highest BCUT2D eigenvalue weighted by molar-refractivity contribution is 5.91. The number of aromatic nitrogens is 3. The summed E-state index contributed by atoms with van der Waals surface area (Å²) in [5.41, 5.74) is -1.29. The van der Waals surface area contributed by atoms with E-state index in [2.05, 4.69) is 10.4 Å². The summed E-state index contributed by atoms with van der Waals surface area (Å²) in [6, 6.07) is 6.65. The van der Waals surface area contributed by atoms with E-state index in [1.165, 1.54) is 14.2 Å². The summed E-state index contributed by atoms with van der Waals surface area (Å²) in [6.07, 6.45) is 0.558. The zero-order valence-electron chi connectivity index (χ0n) is 15.0. The molecule has 1 N–H and O–H groups in total. The maximum atomic E-state index is 12.7. The largest absolute Gasteiger partial charge is 0.497 e. The Kier molecular flexibility index (Phi) is 6.67. The first-order valence-electron chi connectivity index (χ1n) is 8.19. The van der Waals surface area contributed by atoms with Crippen molar-refractivity contribution in [1.29, 1.82) is 0 Å². The Labute approximate surface area is 150 Å². The summed E-state index contributed by atoms with van der Waals surface area (Å²) in [6.45, 7) is 2.54. The number of hydrogen-bond donors (Lipinski definition) is 1. The summed E-state index contributed by atoms with van der Waals surface area (Å²) in [4.78, 5) is 37.5. The molecule has 1 aromatic carbocycles. The number of hydrogen-bond acceptors (Lipinski definition) is 6. The third kappa shape index (κ3) is 4.17. The number of carbonyl (C=O) groups excluding carboxylic acids is 1. The number of benzene rings is 1. The van der Waals surface area contributed by atoms with E-state index in [9.17, 15) is 14.4 Å². The van der Waals surface area contributed by atoms with Gasteiger partial charge in [-0.3, -0.25) is 14.2 Å². The minimum atomic E-state index is -0.717. The van der Waals surface area contributed by atoms with Gasteiger partial charge < -0.3 is 14.8 Å². The van der Waals surface area contributed by atoms with Gasteiger partial charge in [-0.25, -0.2) is 4.79 Å². The smallest absolute Gasteiger partial charge is 0.352 e. The van der Waals surface area contributed by atoms with Crippen molar-refractivity contribution in [2.75, 3.05) is 27.4 Å². The fourth-order valence-electron chi connectivity index (χ4n) is 2.34. The summed E-state index contributed by atoms with van der Waals surface area (Å²) in [5, 5.41) is 6.55. The Bertz CT molecular complexity index is 887. The van der Waals surface area contributed by atoms with E-state index in [4.69, 9.17) is 9.47 Å². The molecular weight excluding hydrogens is 340 g/mol. The van der Waals surface area contributed by atoms with E-state index in [0.717, 1.165) is 9.25 Å². The molecule has 1 aromatic heterocycles. The maximum Gasteiger partial charge on any atom is 0.352 e. The van der Waals surface area contributed by atoms with Crippen LogP contribution >= 0.6 is 0 Å². The van der Waals surface area contributed by atoms with Gasteiger partial charge in [-0.2, -0.15) is 9.78 Å². The van der Waals surface area contributed by atoms with Gasteiger partial charge in [0, 0.05) is 26.3 Å². The molecule has 0 aliphatic heterocycles. The second-order valence-electron chi connectivity index (χ2n) is 5.45. The summed E-state index contributed by atoms with van der Waals surface area (Å²) < 4.78 is 12.1. The van der Waals surface area contributed by atoms with Gasteiger partial charge in [0.25, 0.3) is 11.5 Å². The van der Waals surface area contributed by atoms with Crippen LogP contribution in [0.15, 0.2) is 33.9 Å². The predicted molar refractivity (Wildman–Crippen MR) is 95.1 cm³/mol. The third-order valence-electron chi connectivity index (χ3n) is 3.61. The van der Waals surface area contributed by atoms with Crippen molar-refractivity contribution in [3.05, 3.63) is 50.8 Å². The molecule has 0 saturated carbocycles. The molecule has 0 unspecified atom stereocenters. The highest BCUT2D eigenvalue weighted by Gasteiger charge is 2.19. The van der Waals surface area contributed by atoms with Crippen LogP contribution in [-0.4, -0.2) is 47.6 Å². The van der Waals surface area contributed by atoms with Crippen molar-refractivity contribution in [3.8, 4) is 11.4 Å². The maximum absolute atomic E-state index is 12.7. The van der Waals surface area contributed by atoms with E-state index >= 15 is 0 Å². The lowest BCUT2D eigenvalue weighted by molar-refractivity contribution is 0.0927. The molecule has 0 aliphatic rings. The van der Waals surface area contributed by atoms with E-state index in [0.29, 0.717) is 24.5 Å². The molecule has 0 radical (unpaired) electrons. The lowest BCUT2D eigenvalue weighted by atomic mass is 10.3. The number of methoxy groups -OCH3 is 2. The number of nitrogens with zero attached hydrogens (tertiary/aromatic N) is 3. The topological polar surface area (TPSA) is 104 Å². The van der Waals surface area contributed by atoms with Gasteiger partial charge >= 0.3 is 5.69 Å². The number of nitrogens with one attached hydrogen (secondary N) is 1. The van der Waals surface area contributed by atoms with E-state index < -0.39 is 17.2 Å². The minimum Gasteiger partial charge on any atom is -0.497 e. The van der Waals surface area contributed by atoms with Gasteiger partial charge in [0.2, 0.25) is 5.69 Å². The normalized spacial score (nSPS) is 10.6. The first kappa shape index (κ1) is 19.4. The van der Waals surface area contributed by atoms with Crippen LogP contribution in [0.1, 0.15) is 23.8 Å². The van der Waals surface area contributed by atoms with Gasteiger partial charge in [0.15, 0.2) is 0 Å². The number of rotatable bonds is 8. The molecule has 0 spiro atoms. The van der Waals surface area contributed by atoms with Gasteiger partial charge in [-0.05, 0) is 18.6 Å².